The normalized spacial score (nSPS) is 13.7. The molecule has 28 heavy (non-hydrogen) atoms. The van der Waals surface area contributed by atoms with E-state index < -0.39 is 24.3 Å². The van der Waals surface area contributed by atoms with Gasteiger partial charge in [-0.15, -0.1) is 0 Å². The quantitative estimate of drug-likeness (QED) is 0.770. The first-order valence-corrected chi connectivity index (χ1v) is 9.05. The molecule has 2 aromatic carbocycles. The highest BCUT2D eigenvalue weighted by Gasteiger charge is 2.22. The number of amides is 1. The van der Waals surface area contributed by atoms with E-state index in [1.165, 1.54) is 12.1 Å². The van der Waals surface area contributed by atoms with Crippen LogP contribution in [0.3, 0.4) is 0 Å². The van der Waals surface area contributed by atoms with E-state index in [0.29, 0.717) is 24.7 Å². The first kappa shape index (κ1) is 19.7. The highest BCUT2D eigenvalue weighted by atomic mass is 19.1. The average Bonchev–Trinajstić information content (AvgIpc) is 2.70. The number of ether oxygens (including phenoxy) is 3. The third kappa shape index (κ3) is 4.79. The molecule has 6 nitrogen and oxygen atoms in total. The van der Waals surface area contributed by atoms with Gasteiger partial charge in [0.05, 0.1) is 11.6 Å². The lowest BCUT2D eigenvalue weighted by Gasteiger charge is -2.25. The molecule has 1 atom stereocenters. The molecule has 0 radical (unpaired) electrons. The molecule has 3 rings (SSSR count). The highest BCUT2D eigenvalue weighted by molar-refractivity contribution is 5.91. The van der Waals surface area contributed by atoms with Gasteiger partial charge >= 0.3 is 5.97 Å². The maximum absolute atomic E-state index is 12.9. The minimum Gasteiger partial charge on any atom is -0.486 e. The van der Waals surface area contributed by atoms with Gasteiger partial charge in [0.15, 0.2) is 18.1 Å². The van der Waals surface area contributed by atoms with E-state index in [4.69, 9.17) is 14.2 Å². The topological polar surface area (TPSA) is 73.9 Å². The van der Waals surface area contributed by atoms with Gasteiger partial charge in [0.2, 0.25) is 0 Å². The molecular formula is C21H22FNO5. The van der Waals surface area contributed by atoms with Gasteiger partial charge in [-0.2, -0.15) is 0 Å². The molecule has 0 fully saturated rings. The molecule has 0 aliphatic carbocycles. The molecule has 1 N–H and O–H groups in total. The van der Waals surface area contributed by atoms with E-state index in [2.05, 4.69) is 5.32 Å². The summed E-state index contributed by atoms with van der Waals surface area (Å²) in [7, 11) is 0. The van der Waals surface area contributed by atoms with Crippen LogP contribution in [0.15, 0.2) is 42.5 Å². The fourth-order valence-corrected chi connectivity index (χ4v) is 2.90. The number of hydrogen-bond donors (Lipinski definition) is 1. The number of rotatable bonds is 6. The molecule has 148 valence electrons. The predicted molar refractivity (Wildman–Crippen MR) is 99.8 cm³/mol. The summed E-state index contributed by atoms with van der Waals surface area (Å²) in [6, 6.07) is 10.2. The zero-order valence-electron chi connectivity index (χ0n) is 15.7. The minimum atomic E-state index is -0.685. The lowest BCUT2D eigenvalue weighted by molar-refractivity contribution is -0.125. The van der Waals surface area contributed by atoms with Gasteiger partial charge in [0, 0.05) is 0 Å². The number of esters is 1. The van der Waals surface area contributed by atoms with Gasteiger partial charge in [-0.25, -0.2) is 9.18 Å². The zero-order chi connectivity index (χ0) is 20.1. The Morgan fingerprint density at radius 3 is 2.43 bits per heavy atom. The first-order chi connectivity index (χ1) is 13.4. The number of fused-ring (bicyclic) bond motifs is 1. The molecule has 2 aromatic rings. The summed E-state index contributed by atoms with van der Waals surface area (Å²) in [5.41, 5.74) is 1.05. The van der Waals surface area contributed by atoms with Gasteiger partial charge in [-0.3, -0.25) is 4.79 Å². The fraction of sp³-hybridized carbons (Fsp3) is 0.333. The van der Waals surface area contributed by atoms with Crippen LogP contribution in [0.4, 0.5) is 4.39 Å². The van der Waals surface area contributed by atoms with Crippen molar-refractivity contribution in [3.8, 4) is 11.5 Å². The molecule has 7 heteroatoms. The summed E-state index contributed by atoms with van der Waals surface area (Å²) in [5, 5.41) is 2.88. The van der Waals surface area contributed by atoms with E-state index in [0.717, 1.165) is 17.7 Å². The predicted octanol–water partition coefficient (Wildman–Crippen LogP) is 3.27. The van der Waals surface area contributed by atoms with E-state index in [1.807, 2.05) is 32.0 Å². The standard InChI is InChI=1S/C21H22FNO5/c1-13(2)20(15-5-8-17-18(11-15)27-10-9-26-17)23-19(24)12-28-21(25)14-3-6-16(22)7-4-14/h3-8,11,13,20H,9-10,12H2,1-2H3,(H,23,24)/t20-/m1/s1. The lowest BCUT2D eigenvalue weighted by atomic mass is 9.95. The molecule has 1 aliphatic rings. The molecule has 0 aromatic heterocycles. The summed E-state index contributed by atoms with van der Waals surface area (Å²) >= 11 is 0. The van der Waals surface area contributed by atoms with E-state index in [9.17, 15) is 14.0 Å². The maximum Gasteiger partial charge on any atom is 0.338 e. The maximum atomic E-state index is 12.9. The van der Waals surface area contributed by atoms with Crippen molar-refractivity contribution in [3.63, 3.8) is 0 Å². The Morgan fingerprint density at radius 2 is 1.75 bits per heavy atom. The van der Waals surface area contributed by atoms with E-state index in [1.54, 1.807) is 0 Å². The van der Waals surface area contributed by atoms with Gasteiger partial charge in [0.25, 0.3) is 5.91 Å². The van der Waals surface area contributed by atoms with Crippen LogP contribution in [0.2, 0.25) is 0 Å². The molecule has 0 saturated carbocycles. The van der Waals surface area contributed by atoms with E-state index >= 15 is 0 Å². The number of hydrogen-bond acceptors (Lipinski definition) is 5. The smallest absolute Gasteiger partial charge is 0.338 e. The molecule has 1 amide bonds. The van der Waals surface area contributed by atoms with Crippen molar-refractivity contribution in [2.24, 2.45) is 5.92 Å². The SMILES string of the molecule is CC(C)[C@@H](NC(=O)COC(=O)c1ccc(F)cc1)c1ccc2c(c1)OCCO2. The van der Waals surface area contributed by atoms with Gasteiger partial charge in [-0.05, 0) is 47.9 Å². The fourth-order valence-electron chi connectivity index (χ4n) is 2.90. The molecule has 0 unspecified atom stereocenters. The van der Waals surface area contributed by atoms with Crippen LogP contribution in [0.25, 0.3) is 0 Å². The van der Waals surface area contributed by atoms with Crippen LogP contribution in [0.1, 0.15) is 35.8 Å². The molecule has 1 heterocycles. The Morgan fingerprint density at radius 1 is 1.07 bits per heavy atom. The van der Waals surface area contributed by atoms with Crippen LogP contribution >= 0.6 is 0 Å². The summed E-state index contributed by atoms with van der Waals surface area (Å²) in [6.07, 6.45) is 0. The number of carbonyl (C=O) groups excluding carboxylic acids is 2. The molecular weight excluding hydrogens is 365 g/mol. The lowest BCUT2D eigenvalue weighted by Crippen LogP contribution is -2.35. The summed E-state index contributed by atoms with van der Waals surface area (Å²) in [4.78, 5) is 24.3. The van der Waals surface area contributed by atoms with Gasteiger partial charge in [0.1, 0.15) is 19.0 Å². The van der Waals surface area contributed by atoms with Crippen LogP contribution in [-0.2, 0) is 9.53 Å². The minimum absolute atomic E-state index is 0.0966. The Hall–Kier alpha value is -3.09. The highest BCUT2D eigenvalue weighted by Crippen LogP contribution is 2.34. The third-order valence-electron chi connectivity index (χ3n) is 4.32. The molecule has 1 aliphatic heterocycles. The second kappa shape index (κ2) is 8.73. The van der Waals surface area contributed by atoms with Crippen LogP contribution < -0.4 is 14.8 Å². The Kier molecular flexibility index (Phi) is 6.13. The number of halogens is 1. The van der Waals surface area contributed by atoms with Crippen molar-refractivity contribution in [3.05, 3.63) is 59.4 Å². The Bertz CT molecular complexity index is 850. The second-order valence-electron chi connectivity index (χ2n) is 6.78. The van der Waals surface area contributed by atoms with Crippen molar-refractivity contribution in [2.75, 3.05) is 19.8 Å². The third-order valence-corrected chi connectivity index (χ3v) is 4.32. The van der Waals surface area contributed by atoms with Gasteiger partial charge < -0.3 is 19.5 Å². The van der Waals surface area contributed by atoms with Crippen LogP contribution in [-0.4, -0.2) is 31.7 Å². The van der Waals surface area contributed by atoms with Crippen LogP contribution in [0, 0.1) is 11.7 Å². The monoisotopic (exact) mass is 387 g/mol. The summed E-state index contributed by atoms with van der Waals surface area (Å²) in [5.74, 6) is -0.143. The van der Waals surface area contributed by atoms with Crippen LogP contribution in [0.5, 0.6) is 11.5 Å². The largest absolute Gasteiger partial charge is 0.486 e. The number of carbonyl (C=O) groups is 2. The average molecular weight is 387 g/mol. The molecule has 0 spiro atoms. The Labute approximate surface area is 162 Å². The first-order valence-electron chi connectivity index (χ1n) is 9.05. The number of nitrogens with one attached hydrogen (secondary N) is 1. The van der Waals surface area contributed by atoms with Crippen molar-refractivity contribution < 1.29 is 28.2 Å². The van der Waals surface area contributed by atoms with Crippen molar-refractivity contribution in [1.29, 1.82) is 0 Å². The summed E-state index contributed by atoms with van der Waals surface area (Å²) in [6.45, 7) is 4.52. The van der Waals surface area contributed by atoms with Crippen molar-refractivity contribution in [2.45, 2.75) is 19.9 Å². The second-order valence-corrected chi connectivity index (χ2v) is 6.78. The zero-order valence-corrected chi connectivity index (χ0v) is 15.7. The van der Waals surface area contributed by atoms with Gasteiger partial charge in [-0.1, -0.05) is 19.9 Å². The Balaban J connectivity index is 1.61. The van der Waals surface area contributed by atoms with Crippen molar-refractivity contribution in [1.82, 2.24) is 5.32 Å². The summed E-state index contributed by atoms with van der Waals surface area (Å²) < 4.78 is 29.1. The van der Waals surface area contributed by atoms with Crippen molar-refractivity contribution >= 4 is 11.9 Å². The number of benzene rings is 2. The van der Waals surface area contributed by atoms with E-state index in [-0.39, 0.29) is 17.5 Å². The molecule has 0 bridgehead atoms. The molecule has 0 saturated heterocycles.